The Morgan fingerprint density at radius 1 is 1.36 bits per heavy atom. The van der Waals surface area contributed by atoms with Gasteiger partial charge in [-0.3, -0.25) is 4.57 Å². The maximum absolute atomic E-state index is 10.4. The maximum atomic E-state index is 10.4. The average molecular weight is 339 g/mol. The number of aliphatic imine (C=N–C) groups is 1. The first-order chi connectivity index (χ1) is 12.2. The molecule has 4 rings (SSSR count). The first-order valence-electron chi connectivity index (χ1n) is 8.43. The van der Waals surface area contributed by atoms with E-state index in [2.05, 4.69) is 20.3 Å². The van der Waals surface area contributed by atoms with Gasteiger partial charge in [0.1, 0.15) is 12.0 Å². The molecule has 1 aliphatic heterocycles. The third-order valence-corrected chi connectivity index (χ3v) is 4.86. The summed E-state index contributed by atoms with van der Waals surface area (Å²) in [4.78, 5) is 12.9. The lowest BCUT2D eigenvalue weighted by molar-refractivity contribution is 0.101. The number of aromatic hydroxyl groups is 1. The Morgan fingerprint density at radius 3 is 3.08 bits per heavy atom. The summed E-state index contributed by atoms with van der Waals surface area (Å²) < 4.78 is 7.18. The fourth-order valence-corrected chi connectivity index (χ4v) is 3.43. The number of anilines is 1. The molecule has 25 heavy (non-hydrogen) atoms. The van der Waals surface area contributed by atoms with Crippen molar-refractivity contribution in [1.82, 2.24) is 9.55 Å². The highest BCUT2D eigenvalue weighted by atomic mass is 16.5. The van der Waals surface area contributed by atoms with Gasteiger partial charge < -0.3 is 15.2 Å². The molecule has 1 saturated carbocycles. The van der Waals surface area contributed by atoms with Crippen LogP contribution in [0.15, 0.2) is 28.2 Å². The number of rotatable bonds is 4. The Bertz CT molecular complexity index is 947. The van der Waals surface area contributed by atoms with Gasteiger partial charge in [-0.25, -0.2) is 15.0 Å². The summed E-state index contributed by atoms with van der Waals surface area (Å²) in [6, 6.07) is 6.00. The number of imidazole rings is 1. The number of nitrogens with zero attached hydrogens (tertiary/aromatic N) is 4. The van der Waals surface area contributed by atoms with Crippen molar-refractivity contribution in [2.24, 2.45) is 17.0 Å². The van der Waals surface area contributed by atoms with Crippen LogP contribution in [0, 0.1) is 0 Å². The highest BCUT2D eigenvalue weighted by Gasteiger charge is 2.28. The van der Waals surface area contributed by atoms with Crippen LogP contribution < -0.4 is 15.9 Å². The Morgan fingerprint density at radius 2 is 2.24 bits per heavy atom. The van der Waals surface area contributed by atoms with E-state index in [0.717, 1.165) is 35.5 Å². The summed E-state index contributed by atoms with van der Waals surface area (Å²) in [5, 5.41) is 15.6. The van der Waals surface area contributed by atoms with Crippen molar-refractivity contribution in [1.29, 1.82) is 0 Å². The number of hydrogen-bond acceptors (Lipinski definition) is 6. The molecular weight excluding hydrogens is 318 g/mol. The second kappa shape index (κ2) is 6.33. The van der Waals surface area contributed by atoms with Crippen molar-refractivity contribution in [3.63, 3.8) is 0 Å². The fourth-order valence-electron chi connectivity index (χ4n) is 3.43. The van der Waals surface area contributed by atoms with E-state index in [1.807, 2.05) is 24.3 Å². The number of aromatic nitrogens is 2. The van der Waals surface area contributed by atoms with Crippen molar-refractivity contribution in [3.05, 3.63) is 34.5 Å². The van der Waals surface area contributed by atoms with Gasteiger partial charge >= 0.3 is 0 Å². The van der Waals surface area contributed by atoms with E-state index >= 15 is 0 Å². The predicted octanol–water partition coefficient (Wildman–Crippen LogP) is 1.23. The second-order valence-corrected chi connectivity index (χ2v) is 6.43. The number of methoxy groups -OCH3 is 1. The number of fused-ring (bicyclic) bond motifs is 1. The highest BCUT2D eigenvalue weighted by molar-refractivity contribution is 5.67. The van der Waals surface area contributed by atoms with Gasteiger partial charge in [-0.15, -0.1) is 0 Å². The number of nitrogens with one attached hydrogen (secondary N) is 1. The molecule has 0 spiro atoms. The largest absolute Gasteiger partial charge is 0.493 e. The Kier molecular flexibility index (Phi) is 4.01. The van der Waals surface area contributed by atoms with Gasteiger partial charge in [0.15, 0.2) is 0 Å². The van der Waals surface area contributed by atoms with Gasteiger partial charge in [-0.1, -0.05) is 6.07 Å². The SMILES string of the molecule is CO[C@@H]1CCC[C@H]1Nc1nc(/C=c2\ccc3c(c2)N=CN=3)c(O)n1C. The minimum atomic E-state index is 0.128. The molecule has 2 atom stereocenters. The van der Waals surface area contributed by atoms with Crippen LogP contribution in [0.3, 0.4) is 0 Å². The van der Waals surface area contributed by atoms with Crippen molar-refractivity contribution in [3.8, 4) is 5.88 Å². The smallest absolute Gasteiger partial charge is 0.220 e. The summed E-state index contributed by atoms with van der Waals surface area (Å²) >= 11 is 0. The van der Waals surface area contributed by atoms with Crippen molar-refractivity contribution < 1.29 is 9.84 Å². The second-order valence-electron chi connectivity index (χ2n) is 6.43. The van der Waals surface area contributed by atoms with Gasteiger partial charge in [0.25, 0.3) is 0 Å². The van der Waals surface area contributed by atoms with E-state index in [4.69, 9.17) is 4.74 Å². The Labute approximate surface area is 145 Å². The first-order valence-corrected chi connectivity index (χ1v) is 8.43. The summed E-state index contributed by atoms with van der Waals surface area (Å²) in [5.74, 6) is 0.773. The van der Waals surface area contributed by atoms with Gasteiger partial charge in [0.2, 0.25) is 11.8 Å². The van der Waals surface area contributed by atoms with Crippen LogP contribution in [0.5, 0.6) is 5.88 Å². The maximum Gasteiger partial charge on any atom is 0.220 e. The minimum Gasteiger partial charge on any atom is -0.493 e. The molecule has 0 unspecified atom stereocenters. The van der Waals surface area contributed by atoms with E-state index in [1.165, 1.54) is 0 Å². The van der Waals surface area contributed by atoms with Gasteiger partial charge in [-0.2, -0.15) is 0 Å². The van der Waals surface area contributed by atoms with Gasteiger partial charge in [-0.05, 0) is 42.7 Å². The molecule has 2 heterocycles. The molecule has 2 aromatic rings. The van der Waals surface area contributed by atoms with E-state index in [-0.39, 0.29) is 18.0 Å². The molecule has 1 aromatic heterocycles. The summed E-state index contributed by atoms with van der Waals surface area (Å²) in [6.07, 6.45) is 6.79. The summed E-state index contributed by atoms with van der Waals surface area (Å²) in [7, 11) is 3.53. The third kappa shape index (κ3) is 2.91. The molecule has 1 fully saturated rings. The van der Waals surface area contributed by atoms with Crippen molar-refractivity contribution in [2.75, 3.05) is 12.4 Å². The monoisotopic (exact) mass is 339 g/mol. The summed E-state index contributed by atoms with van der Waals surface area (Å²) in [6.45, 7) is 0. The Hall–Kier alpha value is -2.67. The number of hydrogen-bond donors (Lipinski definition) is 2. The van der Waals surface area contributed by atoms with Crippen molar-refractivity contribution >= 4 is 24.1 Å². The van der Waals surface area contributed by atoms with E-state index in [1.54, 1.807) is 25.1 Å². The van der Waals surface area contributed by atoms with E-state index < -0.39 is 0 Å². The van der Waals surface area contributed by atoms with Crippen LogP contribution in [-0.2, 0) is 11.8 Å². The van der Waals surface area contributed by atoms with E-state index in [9.17, 15) is 5.11 Å². The molecule has 2 aliphatic rings. The summed E-state index contributed by atoms with van der Waals surface area (Å²) in [5.41, 5.74) is 1.35. The van der Waals surface area contributed by atoms with Crippen LogP contribution in [0.4, 0.5) is 11.6 Å². The molecule has 0 bridgehead atoms. The lowest BCUT2D eigenvalue weighted by atomic mass is 10.2. The number of benzene rings is 1. The standard InChI is InChI=1S/C18H21N5O2/c1-23-17(24)15(9-11-6-7-12-14(8-11)20-10-19-12)22-18(23)21-13-4-3-5-16(13)25-2/h6-10,13,16,24H,3-5H2,1-2H3,(H,21,22)/b11-9+/t13-,16-/m1/s1. The quantitative estimate of drug-likeness (QED) is 0.877. The Balaban J connectivity index is 1.64. The van der Waals surface area contributed by atoms with Crippen LogP contribution in [0.25, 0.3) is 6.08 Å². The van der Waals surface area contributed by atoms with Crippen LogP contribution in [0.2, 0.25) is 0 Å². The normalized spacial score (nSPS) is 22.2. The zero-order chi connectivity index (χ0) is 17.4. The zero-order valence-corrected chi connectivity index (χ0v) is 14.3. The highest BCUT2D eigenvalue weighted by Crippen LogP contribution is 2.27. The minimum absolute atomic E-state index is 0.128. The molecule has 2 N–H and O–H groups in total. The molecule has 1 aromatic carbocycles. The number of ether oxygens (including phenoxy) is 1. The molecule has 0 saturated heterocycles. The molecule has 7 heteroatoms. The van der Waals surface area contributed by atoms with Crippen LogP contribution in [0.1, 0.15) is 25.0 Å². The van der Waals surface area contributed by atoms with E-state index in [0.29, 0.717) is 11.6 Å². The van der Waals surface area contributed by atoms with Crippen molar-refractivity contribution in [2.45, 2.75) is 31.4 Å². The molecular formula is C18H21N5O2. The zero-order valence-electron chi connectivity index (χ0n) is 14.3. The average Bonchev–Trinajstić information content (AvgIpc) is 3.32. The molecule has 1 aliphatic carbocycles. The van der Waals surface area contributed by atoms with Crippen LogP contribution in [-0.4, -0.2) is 40.3 Å². The predicted molar refractivity (Wildman–Crippen MR) is 95.9 cm³/mol. The molecule has 130 valence electrons. The lowest BCUT2D eigenvalue weighted by Crippen LogP contribution is -2.30. The third-order valence-electron chi connectivity index (χ3n) is 4.86. The molecule has 0 radical (unpaired) electrons. The van der Waals surface area contributed by atoms with Gasteiger partial charge in [0, 0.05) is 14.2 Å². The van der Waals surface area contributed by atoms with Crippen LogP contribution >= 0.6 is 0 Å². The first kappa shape index (κ1) is 15.8. The molecule has 7 nitrogen and oxygen atoms in total. The molecule has 0 amide bonds. The van der Waals surface area contributed by atoms with Gasteiger partial charge in [0.05, 0.1) is 23.2 Å². The lowest BCUT2D eigenvalue weighted by Gasteiger charge is -2.19. The fraction of sp³-hybridized carbons (Fsp3) is 0.389. The topological polar surface area (TPSA) is 84.0 Å².